The molecule has 0 radical (unpaired) electrons. The Morgan fingerprint density at radius 1 is 1.15 bits per heavy atom. The first kappa shape index (κ1) is 31.3. The zero-order valence-corrected chi connectivity index (χ0v) is 26.6. The molecule has 1 amide bonds. The molecule has 2 aromatic heterocycles. The number of aliphatic hydroxyl groups excluding tert-OH is 1. The van der Waals surface area contributed by atoms with Crippen molar-refractivity contribution in [1.82, 2.24) is 14.5 Å². The van der Waals surface area contributed by atoms with Gasteiger partial charge in [0.05, 0.1) is 42.1 Å². The zero-order valence-electron chi connectivity index (χ0n) is 25.0. The molecule has 1 saturated heterocycles. The van der Waals surface area contributed by atoms with Gasteiger partial charge in [-0.1, -0.05) is 29.8 Å². The van der Waals surface area contributed by atoms with E-state index in [1.54, 1.807) is 7.11 Å². The number of nitrogens with zero attached hydrogens (tertiary/aromatic N) is 4. The SMILES string of the molecule is COC(C)c1ncc(N2CCN(C(=O)O)CC2)cc1-c1c(CC(C)(C)CO)c2cc(Br)ccc2n1CCOC(C)C. The second kappa shape index (κ2) is 13.1. The molecule has 0 aliphatic carbocycles. The van der Waals surface area contributed by atoms with E-state index in [4.69, 9.17) is 14.5 Å². The van der Waals surface area contributed by atoms with Gasteiger partial charge in [0.2, 0.25) is 0 Å². The van der Waals surface area contributed by atoms with Gasteiger partial charge in [0, 0.05) is 67.4 Å². The number of carbonyl (C=O) groups is 1. The quantitative estimate of drug-likeness (QED) is 0.270. The van der Waals surface area contributed by atoms with E-state index in [9.17, 15) is 15.0 Å². The Bertz CT molecular complexity index is 1360. The summed E-state index contributed by atoms with van der Waals surface area (Å²) in [5.41, 5.74) is 5.68. The highest BCUT2D eigenvalue weighted by atomic mass is 79.9. The minimum absolute atomic E-state index is 0.0526. The number of aromatic nitrogens is 2. The van der Waals surface area contributed by atoms with Gasteiger partial charge in [0.25, 0.3) is 0 Å². The second-order valence-corrected chi connectivity index (χ2v) is 12.7. The third-order valence-electron chi connectivity index (χ3n) is 7.79. The second-order valence-electron chi connectivity index (χ2n) is 11.8. The molecule has 4 rings (SSSR count). The maximum Gasteiger partial charge on any atom is 0.407 e. The van der Waals surface area contributed by atoms with E-state index in [-0.39, 0.29) is 24.2 Å². The van der Waals surface area contributed by atoms with E-state index in [0.717, 1.165) is 43.6 Å². The van der Waals surface area contributed by atoms with Crippen molar-refractivity contribution in [2.75, 3.05) is 51.4 Å². The maximum atomic E-state index is 11.5. The van der Waals surface area contributed by atoms with Gasteiger partial charge >= 0.3 is 6.09 Å². The zero-order chi connectivity index (χ0) is 29.9. The number of hydrogen-bond donors (Lipinski definition) is 2. The molecular weight excluding hydrogens is 588 g/mol. The number of benzene rings is 1. The number of anilines is 1. The molecule has 9 nitrogen and oxygen atoms in total. The lowest BCUT2D eigenvalue weighted by Gasteiger charge is -2.35. The summed E-state index contributed by atoms with van der Waals surface area (Å²) in [4.78, 5) is 20.1. The molecule has 0 bridgehead atoms. The highest BCUT2D eigenvalue weighted by Crippen LogP contribution is 2.42. The predicted octanol–water partition coefficient (Wildman–Crippen LogP) is 5.96. The van der Waals surface area contributed by atoms with Crippen LogP contribution in [0, 0.1) is 5.41 Å². The van der Waals surface area contributed by atoms with Crippen LogP contribution in [0.1, 0.15) is 52.0 Å². The number of rotatable bonds is 11. The van der Waals surface area contributed by atoms with Crippen molar-refractivity contribution in [3.8, 4) is 11.3 Å². The molecule has 1 unspecified atom stereocenters. The largest absolute Gasteiger partial charge is 0.465 e. The molecule has 0 saturated carbocycles. The van der Waals surface area contributed by atoms with Gasteiger partial charge in [0.1, 0.15) is 0 Å². The fourth-order valence-corrected chi connectivity index (χ4v) is 5.81. The molecule has 3 aromatic rings. The van der Waals surface area contributed by atoms with Crippen LogP contribution in [0.5, 0.6) is 0 Å². The number of pyridine rings is 1. The minimum Gasteiger partial charge on any atom is -0.465 e. The summed E-state index contributed by atoms with van der Waals surface area (Å²) in [7, 11) is 1.69. The van der Waals surface area contributed by atoms with Gasteiger partial charge in [-0.2, -0.15) is 0 Å². The lowest BCUT2D eigenvalue weighted by molar-refractivity contribution is 0.0735. The average molecular weight is 632 g/mol. The smallest absolute Gasteiger partial charge is 0.407 e. The van der Waals surface area contributed by atoms with Crippen molar-refractivity contribution in [2.24, 2.45) is 5.41 Å². The Balaban J connectivity index is 1.95. The fraction of sp³-hybridized carbons (Fsp3) is 0.548. The van der Waals surface area contributed by atoms with Crippen molar-refractivity contribution in [1.29, 1.82) is 0 Å². The van der Waals surface area contributed by atoms with Gasteiger partial charge in [-0.05, 0) is 62.4 Å². The molecule has 2 N–H and O–H groups in total. The fourth-order valence-electron chi connectivity index (χ4n) is 5.45. The van der Waals surface area contributed by atoms with Crippen LogP contribution >= 0.6 is 15.9 Å². The number of hydrogen-bond acceptors (Lipinski definition) is 6. The van der Waals surface area contributed by atoms with Crippen molar-refractivity contribution in [3.63, 3.8) is 0 Å². The lowest BCUT2D eigenvalue weighted by Crippen LogP contribution is -2.48. The van der Waals surface area contributed by atoms with Crippen LogP contribution in [0.2, 0.25) is 0 Å². The molecular formula is C31H43BrN4O5. The lowest BCUT2D eigenvalue weighted by atomic mass is 9.84. The highest BCUT2D eigenvalue weighted by Gasteiger charge is 2.29. The molecule has 0 spiro atoms. The summed E-state index contributed by atoms with van der Waals surface area (Å²) in [6.45, 7) is 13.6. The summed E-state index contributed by atoms with van der Waals surface area (Å²) in [6.07, 6.45) is 1.50. The Morgan fingerprint density at radius 3 is 2.46 bits per heavy atom. The maximum absolute atomic E-state index is 11.5. The number of piperazine rings is 1. The monoisotopic (exact) mass is 630 g/mol. The molecule has 3 heterocycles. The average Bonchev–Trinajstić information content (AvgIpc) is 3.23. The third-order valence-corrected chi connectivity index (χ3v) is 8.29. The number of carboxylic acid groups (broad SMARTS) is 1. The summed E-state index contributed by atoms with van der Waals surface area (Å²) in [5, 5.41) is 20.8. The predicted molar refractivity (Wildman–Crippen MR) is 166 cm³/mol. The van der Waals surface area contributed by atoms with Crippen molar-refractivity contribution in [3.05, 3.63) is 46.2 Å². The Labute approximate surface area is 251 Å². The first-order valence-electron chi connectivity index (χ1n) is 14.2. The summed E-state index contributed by atoms with van der Waals surface area (Å²) < 4.78 is 15.1. The van der Waals surface area contributed by atoms with Crippen LogP contribution in [-0.4, -0.2) is 83.4 Å². The van der Waals surface area contributed by atoms with E-state index in [1.807, 2.05) is 27.0 Å². The van der Waals surface area contributed by atoms with E-state index in [0.29, 0.717) is 45.8 Å². The van der Waals surface area contributed by atoms with Crippen LogP contribution in [0.3, 0.4) is 0 Å². The molecule has 1 aromatic carbocycles. The molecule has 1 aliphatic rings. The number of fused-ring (bicyclic) bond motifs is 1. The minimum atomic E-state index is -0.886. The number of halogens is 1. The summed E-state index contributed by atoms with van der Waals surface area (Å²) >= 11 is 3.68. The van der Waals surface area contributed by atoms with Gasteiger partial charge in [-0.3, -0.25) is 4.98 Å². The summed E-state index contributed by atoms with van der Waals surface area (Å²) in [5.74, 6) is 0. The molecule has 224 valence electrons. The van der Waals surface area contributed by atoms with Crippen LogP contribution < -0.4 is 4.90 Å². The van der Waals surface area contributed by atoms with E-state index < -0.39 is 6.09 Å². The van der Waals surface area contributed by atoms with Crippen molar-refractivity contribution < 1.29 is 24.5 Å². The van der Waals surface area contributed by atoms with Crippen molar-refractivity contribution >= 4 is 38.6 Å². The normalized spacial score (nSPS) is 15.2. The van der Waals surface area contributed by atoms with Gasteiger partial charge in [0.15, 0.2) is 0 Å². The van der Waals surface area contributed by atoms with E-state index in [2.05, 4.69) is 63.5 Å². The molecule has 1 fully saturated rings. The number of methoxy groups -OCH3 is 1. The molecule has 41 heavy (non-hydrogen) atoms. The Hall–Kier alpha value is -2.66. The number of aliphatic hydroxyl groups is 1. The first-order chi connectivity index (χ1) is 19.5. The molecule has 10 heteroatoms. The standard InChI is InChI=1S/C31H43BrN4O5/c1-20(2)41-14-13-36-27-8-7-22(32)15-24(27)26(17-31(4,5)19-37)29(36)25-16-23(18-33-28(25)21(3)40-6)34-9-11-35(12-10-34)30(38)39/h7-8,15-16,18,20-21,37H,9-14,17,19H2,1-6H3,(H,38,39). The highest BCUT2D eigenvalue weighted by molar-refractivity contribution is 9.10. The van der Waals surface area contributed by atoms with Gasteiger partial charge in [-0.15, -0.1) is 0 Å². The molecule has 1 aliphatic heterocycles. The number of amides is 1. The van der Waals surface area contributed by atoms with Crippen LogP contribution in [-0.2, 0) is 22.4 Å². The van der Waals surface area contributed by atoms with Gasteiger partial charge < -0.3 is 34.1 Å². The Morgan fingerprint density at radius 2 is 1.85 bits per heavy atom. The van der Waals surface area contributed by atoms with Gasteiger partial charge in [-0.25, -0.2) is 4.79 Å². The van der Waals surface area contributed by atoms with Crippen LogP contribution in [0.4, 0.5) is 10.5 Å². The van der Waals surface area contributed by atoms with E-state index >= 15 is 0 Å². The third kappa shape index (κ3) is 7.05. The Kier molecular flexibility index (Phi) is 10.00. The topological polar surface area (TPSA) is 100 Å². The number of ether oxygens (including phenoxy) is 2. The first-order valence-corrected chi connectivity index (χ1v) is 15.0. The molecule has 1 atom stereocenters. The van der Waals surface area contributed by atoms with Crippen molar-refractivity contribution in [2.45, 2.75) is 59.8 Å². The van der Waals surface area contributed by atoms with E-state index in [1.165, 1.54) is 4.90 Å². The van der Waals surface area contributed by atoms with Crippen LogP contribution in [0.25, 0.3) is 22.2 Å². The van der Waals surface area contributed by atoms with Crippen LogP contribution in [0.15, 0.2) is 34.9 Å². The summed E-state index contributed by atoms with van der Waals surface area (Å²) in [6, 6.07) is 8.52.